The van der Waals surface area contributed by atoms with Gasteiger partial charge in [-0.05, 0) is 30.8 Å². The second-order valence-corrected chi connectivity index (χ2v) is 6.73. The summed E-state index contributed by atoms with van der Waals surface area (Å²) in [5.74, 6) is -1.20. The molecule has 0 amide bonds. The number of benzene rings is 1. The van der Waals surface area contributed by atoms with Crippen molar-refractivity contribution in [2.45, 2.75) is 6.92 Å². The quantitative estimate of drug-likeness (QED) is 0.707. The SMILES string of the molecule is CCN1CCN(c2ccccc2N2C=CC=CC(C(=O)OC)=C2C(=O)OC)CC1. The van der Waals surface area contributed by atoms with Crippen molar-refractivity contribution in [2.75, 3.05) is 56.7 Å². The molecule has 2 aliphatic rings. The van der Waals surface area contributed by atoms with Crippen LogP contribution in [-0.2, 0) is 19.1 Å². The van der Waals surface area contributed by atoms with Crippen LogP contribution in [0.2, 0.25) is 0 Å². The summed E-state index contributed by atoms with van der Waals surface area (Å²) in [6, 6.07) is 7.87. The van der Waals surface area contributed by atoms with Gasteiger partial charge in [-0.25, -0.2) is 9.59 Å². The van der Waals surface area contributed by atoms with E-state index in [-0.39, 0.29) is 11.3 Å². The van der Waals surface area contributed by atoms with Crippen LogP contribution in [-0.4, -0.2) is 63.8 Å². The van der Waals surface area contributed by atoms with Crippen molar-refractivity contribution >= 4 is 23.3 Å². The normalized spacial score (nSPS) is 17.3. The van der Waals surface area contributed by atoms with Gasteiger partial charge in [0.05, 0.1) is 31.2 Å². The average Bonchev–Trinajstić information content (AvgIpc) is 3.01. The molecule has 7 nitrogen and oxygen atoms in total. The first-order valence-corrected chi connectivity index (χ1v) is 9.72. The summed E-state index contributed by atoms with van der Waals surface area (Å²) in [4.78, 5) is 31.5. The molecule has 2 aliphatic heterocycles. The van der Waals surface area contributed by atoms with E-state index < -0.39 is 11.9 Å². The second kappa shape index (κ2) is 9.43. The van der Waals surface area contributed by atoms with Crippen LogP contribution in [0.1, 0.15) is 6.92 Å². The maximum absolute atomic E-state index is 12.7. The van der Waals surface area contributed by atoms with Gasteiger partial charge in [-0.2, -0.15) is 0 Å². The molecule has 0 atom stereocenters. The molecule has 0 spiro atoms. The Bertz CT molecular complexity index is 851. The van der Waals surface area contributed by atoms with E-state index in [4.69, 9.17) is 9.47 Å². The lowest BCUT2D eigenvalue weighted by atomic mass is 10.1. The topological polar surface area (TPSA) is 62.3 Å². The minimum Gasteiger partial charge on any atom is -0.465 e. The Morgan fingerprint density at radius 1 is 0.931 bits per heavy atom. The number of hydrogen-bond acceptors (Lipinski definition) is 7. The molecular weight excluding hydrogens is 370 g/mol. The number of nitrogens with zero attached hydrogens (tertiary/aromatic N) is 3. The summed E-state index contributed by atoms with van der Waals surface area (Å²) in [6.45, 7) is 6.95. The van der Waals surface area contributed by atoms with Crippen molar-refractivity contribution in [2.24, 2.45) is 0 Å². The third-order valence-corrected chi connectivity index (χ3v) is 5.19. The lowest BCUT2D eigenvalue weighted by Crippen LogP contribution is -2.46. The molecule has 0 radical (unpaired) electrons. The number of para-hydroxylation sites is 2. The van der Waals surface area contributed by atoms with Gasteiger partial charge in [0, 0.05) is 32.4 Å². The van der Waals surface area contributed by atoms with Crippen LogP contribution in [0.4, 0.5) is 11.4 Å². The molecule has 7 heteroatoms. The zero-order chi connectivity index (χ0) is 20.8. The number of piperazine rings is 1. The van der Waals surface area contributed by atoms with Crippen LogP contribution < -0.4 is 9.80 Å². The summed E-state index contributed by atoms with van der Waals surface area (Å²) in [6.07, 6.45) is 6.82. The molecule has 2 heterocycles. The molecule has 0 unspecified atom stereocenters. The van der Waals surface area contributed by atoms with Crippen LogP contribution in [0.25, 0.3) is 0 Å². The number of hydrogen-bond donors (Lipinski definition) is 0. The number of anilines is 2. The molecule has 0 bridgehead atoms. The predicted octanol–water partition coefficient (Wildman–Crippen LogP) is 2.32. The minimum atomic E-state index is -0.604. The smallest absolute Gasteiger partial charge is 0.355 e. The first-order chi connectivity index (χ1) is 14.1. The number of likely N-dealkylation sites (N-methyl/N-ethyl adjacent to an activating group) is 1. The van der Waals surface area contributed by atoms with Gasteiger partial charge in [0.15, 0.2) is 0 Å². The largest absolute Gasteiger partial charge is 0.465 e. The van der Waals surface area contributed by atoms with Gasteiger partial charge in [0.25, 0.3) is 0 Å². The van der Waals surface area contributed by atoms with E-state index in [0.29, 0.717) is 0 Å². The Labute approximate surface area is 171 Å². The maximum Gasteiger partial charge on any atom is 0.355 e. The van der Waals surface area contributed by atoms with Crippen LogP contribution in [0, 0.1) is 0 Å². The number of carbonyl (C=O) groups excluding carboxylic acids is 2. The molecular formula is C22H27N3O4. The molecule has 1 aromatic rings. The van der Waals surface area contributed by atoms with Crippen LogP contribution >= 0.6 is 0 Å². The van der Waals surface area contributed by atoms with Crippen molar-refractivity contribution in [1.82, 2.24) is 4.90 Å². The number of allylic oxidation sites excluding steroid dienone is 2. The van der Waals surface area contributed by atoms with E-state index in [1.807, 2.05) is 24.3 Å². The Hall–Kier alpha value is -3.06. The zero-order valence-electron chi connectivity index (χ0n) is 17.1. The molecule has 3 rings (SSSR count). The van der Waals surface area contributed by atoms with Crippen molar-refractivity contribution < 1.29 is 19.1 Å². The van der Waals surface area contributed by atoms with Gasteiger partial charge in [-0.15, -0.1) is 0 Å². The molecule has 29 heavy (non-hydrogen) atoms. The molecule has 0 saturated carbocycles. The molecule has 0 N–H and O–H groups in total. The van der Waals surface area contributed by atoms with Gasteiger partial charge in [0.1, 0.15) is 5.70 Å². The average molecular weight is 397 g/mol. The summed E-state index contributed by atoms with van der Waals surface area (Å²) < 4.78 is 9.90. The van der Waals surface area contributed by atoms with Gasteiger partial charge >= 0.3 is 11.9 Å². The highest BCUT2D eigenvalue weighted by Crippen LogP contribution is 2.35. The summed E-state index contributed by atoms with van der Waals surface area (Å²) >= 11 is 0. The molecule has 0 aromatic heterocycles. The highest BCUT2D eigenvalue weighted by molar-refractivity contribution is 6.06. The van der Waals surface area contributed by atoms with E-state index >= 15 is 0 Å². The second-order valence-electron chi connectivity index (χ2n) is 6.73. The van der Waals surface area contributed by atoms with Gasteiger partial charge < -0.3 is 24.2 Å². The van der Waals surface area contributed by atoms with Crippen LogP contribution in [0.5, 0.6) is 0 Å². The molecule has 0 aliphatic carbocycles. The third kappa shape index (κ3) is 4.35. The molecule has 1 fully saturated rings. The molecule has 1 saturated heterocycles. The van der Waals surface area contributed by atoms with Crippen LogP contribution in [0.15, 0.2) is 60.0 Å². The predicted molar refractivity (Wildman–Crippen MR) is 113 cm³/mol. The van der Waals surface area contributed by atoms with E-state index in [0.717, 1.165) is 44.1 Å². The fourth-order valence-electron chi connectivity index (χ4n) is 3.59. The lowest BCUT2D eigenvalue weighted by Gasteiger charge is -2.37. The third-order valence-electron chi connectivity index (χ3n) is 5.19. The van der Waals surface area contributed by atoms with Gasteiger partial charge in [-0.1, -0.05) is 25.1 Å². The van der Waals surface area contributed by atoms with E-state index in [2.05, 4.69) is 16.7 Å². The van der Waals surface area contributed by atoms with E-state index in [1.165, 1.54) is 14.2 Å². The standard InChI is InChI=1S/C22H27N3O4/c1-4-23-13-15-24(16-14-23)18-10-5-6-11-19(18)25-12-8-7-9-17(21(26)28-2)20(25)22(27)29-3/h5-12H,4,13-16H2,1-3H3. The van der Waals surface area contributed by atoms with E-state index in [9.17, 15) is 9.59 Å². The summed E-state index contributed by atoms with van der Waals surface area (Å²) in [7, 11) is 2.60. The first-order valence-electron chi connectivity index (χ1n) is 9.72. The number of ether oxygens (including phenoxy) is 2. The number of rotatable bonds is 5. The Morgan fingerprint density at radius 3 is 2.21 bits per heavy atom. The first kappa shape index (κ1) is 20.7. The lowest BCUT2D eigenvalue weighted by molar-refractivity contribution is -0.139. The summed E-state index contributed by atoms with van der Waals surface area (Å²) in [5.41, 5.74) is 2.08. The highest BCUT2D eigenvalue weighted by Gasteiger charge is 2.29. The Morgan fingerprint density at radius 2 is 1.59 bits per heavy atom. The van der Waals surface area contributed by atoms with Crippen molar-refractivity contribution in [3.63, 3.8) is 0 Å². The zero-order valence-corrected chi connectivity index (χ0v) is 17.1. The van der Waals surface area contributed by atoms with Crippen LogP contribution in [0.3, 0.4) is 0 Å². The van der Waals surface area contributed by atoms with Gasteiger partial charge in [0.2, 0.25) is 0 Å². The summed E-state index contributed by atoms with van der Waals surface area (Å²) in [5, 5.41) is 0. The van der Waals surface area contributed by atoms with Crippen molar-refractivity contribution in [3.8, 4) is 0 Å². The molecule has 154 valence electrons. The number of carbonyl (C=O) groups is 2. The number of esters is 2. The Kier molecular flexibility index (Phi) is 6.72. The van der Waals surface area contributed by atoms with Gasteiger partial charge in [-0.3, -0.25) is 0 Å². The highest BCUT2D eigenvalue weighted by atomic mass is 16.5. The monoisotopic (exact) mass is 397 g/mol. The fourth-order valence-corrected chi connectivity index (χ4v) is 3.59. The minimum absolute atomic E-state index is 0.129. The van der Waals surface area contributed by atoms with Crippen molar-refractivity contribution in [3.05, 3.63) is 60.0 Å². The molecule has 1 aromatic carbocycles. The van der Waals surface area contributed by atoms with Crippen molar-refractivity contribution in [1.29, 1.82) is 0 Å². The maximum atomic E-state index is 12.7. The Balaban J connectivity index is 2.07. The van der Waals surface area contributed by atoms with E-state index in [1.54, 1.807) is 29.3 Å². The number of methoxy groups -OCH3 is 2. The fraction of sp³-hybridized carbons (Fsp3) is 0.364.